The van der Waals surface area contributed by atoms with Crippen molar-refractivity contribution in [3.8, 4) is 0 Å². The largest absolute Gasteiger partial charge is 0.435 e. The molecule has 9 heavy (non-hydrogen) atoms. The summed E-state index contributed by atoms with van der Waals surface area (Å²) in [5, 5.41) is 2.45. The van der Waals surface area contributed by atoms with Gasteiger partial charge in [-0.1, -0.05) is 6.58 Å². The molecule has 0 aromatic rings. The minimum absolute atomic E-state index is 0.556. The van der Waals surface area contributed by atoms with Gasteiger partial charge >= 0.3 is 6.18 Å². The first-order valence-electron chi connectivity index (χ1n) is 2.00. The predicted molar refractivity (Wildman–Crippen MR) is 27.9 cm³/mol. The fourth-order valence-corrected chi connectivity index (χ4v) is 0.242. The van der Waals surface area contributed by atoms with Crippen LogP contribution < -0.4 is 5.84 Å². The molecule has 0 amide bonds. The molecular formula is C4H5F3N2. The van der Waals surface area contributed by atoms with Crippen LogP contribution in [0.1, 0.15) is 0 Å². The van der Waals surface area contributed by atoms with Gasteiger partial charge in [0.15, 0.2) is 5.71 Å². The molecule has 0 bridgehead atoms. The van der Waals surface area contributed by atoms with E-state index < -0.39 is 11.9 Å². The quantitative estimate of drug-likeness (QED) is 0.328. The van der Waals surface area contributed by atoms with Gasteiger partial charge in [0.05, 0.1) is 0 Å². The van der Waals surface area contributed by atoms with Gasteiger partial charge < -0.3 is 5.84 Å². The Hall–Kier alpha value is -1.00. The van der Waals surface area contributed by atoms with Gasteiger partial charge in [0.2, 0.25) is 0 Å². The molecule has 0 spiro atoms. The van der Waals surface area contributed by atoms with Crippen LogP contribution in [0, 0.1) is 0 Å². The zero-order valence-corrected chi connectivity index (χ0v) is 4.44. The Morgan fingerprint density at radius 3 is 2.00 bits per heavy atom. The molecule has 0 heterocycles. The van der Waals surface area contributed by atoms with Crippen LogP contribution in [-0.4, -0.2) is 11.9 Å². The number of halogens is 3. The number of alkyl halides is 3. The van der Waals surface area contributed by atoms with E-state index in [4.69, 9.17) is 0 Å². The number of hydrogen-bond donors (Lipinski definition) is 1. The van der Waals surface area contributed by atoms with E-state index in [0.29, 0.717) is 6.08 Å². The third-order valence-corrected chi connectivity index (χ3v) is 0.623. The van der Waals surface area contributed by atoms with Crippen LogP contribution in [0.5, 0.6) is 0 Å². The monoisotopic (exact) mass is 138 g/mol. The van der Waals surface area contributed by atoms with Crippen molar-refractivity contribution >= 4 is 5.71 Å². The van der Waals surface area contributed by atoms with Crippen molar-refractivity contribution < 1.29 is 13.2 Å². The molecular weight excluding hydrogens is 133 g/mol. The van der Waals surface area contributed by atoms with E-state index >= 15 is 0 Å². The lowest BCUT2D eigenvalue weighted by Crippen LogP contribution is -2.21. The normalized spacial score (nSPS) is 13.4. The zero-order valence-electron chi connectivity index (χ0n) is 4.44. The first-order chi connectivity index (χ1) is 4.02. The average molecular weight is 138 g/mol. The molecule has 0 aromatic heterocycles. The second kappa shape index (κ2) is 2.52. The average Bonchev–Trinajstić information content (AvgIpc) is 1.65. The van der Waals surface area contributed by atoms with Crippen LogP contribution in [0.25, 0.3) is 0 Å². The molecule has 0 radical (unpaired) electrons. The molecule has 0 saturated heterocycles. The molecule has 0 aliphatic rings. The Labute approximate surface area is 49.8 Å². The van der Waals surface area contributed by atoms with Crippen molar-refractivity contribution in [1.82, 2.24) is 0 Å². The van der Waals surface area contributed by atoms with Crippen molar-refractivity contribution in [2.45, 2.75) is 6.18 Å². The second-order valence-corrected chi connectivity index (χ2v) is 1.22. The molecule has 0 saturated carbocycles. The maximum absolute atomic E-state index is 11.4. The van der Waals surface area contributed by atoms with Crippen molar-refractivity contribution in [1.29, 1.82) is 0 Å². The van der Waals surface area contributed by atoms with Gasteiger partial charge in [0, 0.05) is 0 Å². The van der Waals surface area contributed by atoms with Gasteiger partial charge in [-0.05, 0) is 6.08 Å². The highest BCUT2D eigenvalue weighted by Gasteiger charge is 2.33. The van der Waals surface area contributed by atoms with Crippen molar-refractivity contribution in [3.05, 3.63) is 12.7 Å². The summed E-state index contributed by atoms with van der Waals surface area (Å²) in [5.74, 6) is 4.37. The van der Waals surface area contributed by atoms with Crippen molar-refractivity contribution in [3.63, 3.8) is 0 Å². The molecule has 0 rings (SSSR count). The molecule has 0 atom stereocenters. The van der Waals surface area contributed by atoms with Crippen LogP contribution in [0.3, 0.4) is 0 Å². The second-order valence-electron chi connectivity index (χ2n) is 1.22. The van der Waals surface area contributed by atoms with Gasteiger partial charge in [-0.3, -0.25) is 0 Å². The minimum atomic E-state index is -4.48. The third-order valence-electron chi connectivity index (χ3n) is 0.623. The number of nitrogens with two attached hydrogens (primary N) is 1. The van der Waals surface area contributed by atoms with Gasteiger partial charge in [0.25, 0.3) is 0 Å². The number of hydrogen-bond acceptors (Lipinski definition) is 2. The highest BCUT2D eigenvalue weighted by molar-refractivity contribution is 5.98. The molecule has 0 aromatic carbocycles. The first kappa shape index (κ1) is 8.00. The fraction of sp³-hybridized carbons (Fsp3) is 0.250. The van der Waals surface area contributed by atoms with Crippen LogP contribution in [0.2, 0.25) is 0 Å². The molecule has 2 N–H and O–H groups in total. The van der Waals surface area contributed by atoms with E-state index in [1.54, 1.807) is 0 Å². The maximum Gasteiger partial charge on any atom is 0.435 e. The summed E-state index contributed by atoms with van der Waals surface area (Å²) >= 11 is 0. The zero-order chi connectivity index (χ0) is 7.49. The summed E-state index contributed by atoms with van der Waals surface area (Å²) in [7, 11) is 0. The lowest BCUT2D eigenvalue weighted by molar-refractivity contribution is -0.0578. The standard InChI is InChI=1S/C4H5F3N2/c1-2-3(9-8)4(5,6)7/h2H,1,8H2. The number of rotatable bonds is 1. The van der Waals surface area contributed by atoms with Crippen LogP contribution in [0.15, 0.2) is 17.8 Å². The summed E-state index contributed by atoms with van der Waals surface area (Å²) < 4.78 is 34.3. The van der Waals surface area contributed by atoms with E-state index in [9.17, 15) is 13.2 Å². The van der Waals surface area contributed by atoms with Crippen LogP contribution in [0.4, 0.5) is 13.2 Å². The molecule has 0 aliphatic carbocycles. The van der Waals surface area contributed by atoms with Gasteiger partial charge in [0.1, 0.15) is 0 Å². The molecule has 0 fully saturated rings. The van der Waals surface area contributed by atoms with Crippen molar-refractivity contribution in [2.24, 2.45) is 10.9 Å². The van der Waals surface area contributed by atoms with E-state index in [1.807, 2.05) is 0 Å². The molecule has 0 unspecified atom stereocenters. The lowest BCUT2D eigenvalue weighted by Gasteiger charge is -2.02. The smallest absolute Gasteiger partial charge is 0.323 e. The lowest BCUT2D eigenvalue weighted by atomic mass is 10.4. The molecule has 0 aliphatic heterocycles. The first-order valence-corrected chi connectivity index (χ1v) is 2.00. The predicted octanol–water partition coefficient (Wildman–Crippen LogP) is 1.05. The number of hydrazone groups is 1. The van der Waals surface area contributed by atoms with Gasteiger partial charge in [-0.15, -0.1) is 0 Å². The van der Waals surface area contributed by atoms with Crippen LogP contribution in [-0.2, 0) is 0 Å². The highest BCUT2D eigenvalue weighted by atomic mass is 19.4. The van der Waals surface area contributed by atoms with E-state index in [-0.39, 0.29) is 0 Å². The van der Waals surface area contributed by atoms with E-state index in [0.717, 1.165) is 0 Å². The Balaban J connectivity index is 4.32. The number of allylic oxidation sites excluding steroid dienone is 1. The summed E-state index contributed by atoms with van der Waals surface area (Å²) in [6.45, 7) is 2.87. The Kier molecular flexibility index (Phi) is 2.24. The van der Waals surface area contributed by atoms with Gasteiger partial charge in [-0.2, -0.15) is 18.3 Å². The third kappa shape index (κ3) is 2.16. The SMILES string of the molecule is C=CC(=NN)C(F)(F)F. The van der Waals surface area contributed by atoms with E-state index in [2.05, 4.69) is 17.5 Å². The maximum atomic E-state index is 11.4. The molecule has 52 valence electrons. The molecule has 5 heteroatoms. The van der Waals surface area contributed by atoms with Crippen LogP contribution >= 0.6 is 0 Å². The Morgan fingerprint density at radius 2 is 2.00 bits per heavy atom. The summed E-state index contributed by atoms with van der Waals surface area (Å²) in [5.41, 5.74) is -1.16. The fourth-order valence-electron chi connectivity index (χ4n) is 0.242. The van der Waals surface area contributed by atoms with Gasteiger partial charge in [-0.25, -0.2) is 0 Å². The highest BCUT2D eigenvalue weighted by Crippen LogP contribution is 2.16. The Bertz CT molecular complexity index is 135. The summed E-state index contributed by atoms with van der Waals surface area (Å²) in [6.07, 6.45) is -3.92. The summed E-state index contributed by atoms with van der Waals surface area (Å²) in [4.78, 5) is 0. The van der Waals surface area contributed by atoms with Crippen molar-refractivity contribution in [2.75, 3.05) is 0 Å². The number of nitrogens with zero attached hydrogens (tertiary/aromatic N) is 1. The topological polar surface area (TPSA) is 38.4 Å². The molecule has 2 nitrogen and oxygen atoms in total. The Morgan fingerprint density at radius 1 is 1.56 bits per heavy atom. The summed E-state index contributed by atoms with van der Waals surface area (Å²) in [6, 6.07) is 0. The van der Waals surface area contributed by atoms with E-state index in [1.165, 1.54) is 0 Å². The minimum Gasteiger partial charge on any atom is -0.323 e.